The van der Waals surface area contributed by atoms with E-state index in [4.69, 9.17) is 23.3 Å². The minimum Gasteiger partial charge on any atom is -0.462 e. The van der Waals surface area contributed by atoms with Crippen molar-refractivity contribution in [1.82, 2.24) is 0 Å². The smallest absolute Gasteiger partial charge is 0.462 e. The molecule has 0 aromatic rings. The summed E-state index contributed by atoms with van der Waals surface area (Å²) in [6, 6.07) is 0. The van der Waals surface area contributed by atoms with Crippen molar-refractivity contribution in [3.05, 3.63) is 122 Å². The number of carbonyl (C=O) groups is 3. The summed E-state index contributed by atoms with van der Waals surface area (Å²) in [5, 5.41) is 9.80. The number of aliphatic hydroxyl groups excluding tert-OH is 1. The molecule has 11 nitrogen and oxygen atoms in total. The topological polar surface area (TPSA) is 155 Å². The van der Waals surface area contributed by atoms with E-state index in [1.54, 1.807) is 0 Å². The van der Waals surface area contributed by atoms with Crippen molar-refractivity contribution in [2.75, 3.05) is 26.4 Å². The van der Waals surface area contributed by atoms with Gasteiger partial charge in [0, 0.05) is 19.3 Å². The van der Waals surface area contributed by atoms with Crippen LogP contribution in [0.3, 0.4) is 0 Å². The Bertz CT molecular complexity index is 1700. The van der Waals surface area contributed by atoms with E-state index in [2.05, 4.69) is 142 Å². The Morgan fingerprint density at radius 2 is 0.703 bits per heavy atom. The van der Waals surface area contributed by atoms with Gasteiger partial charge in [-0.1, -0.05) is 187 Å². The van der Waals surface area contributed by atoms with Gasteiger partial charge in [0.2, 0.25) is 0 Å². The third kappa shape index (κ3) is 52.7. The lowest BCUT2D eigenvalue weighted by Crippen LogP contribution is -2.30. The number of phosphoric ester groups is 1. The van der Waals surface area contributed by atoms with Crippen molar-refractivity contribution in [3.63, 3.8) is 0 Å². The molecule has 0 radical (unpaired) electrons. The molecule has 12 heteroatoms. The molecule has 0 aliphatic carbocycles. The maximum Gasteiger partial charge on any atom is 0.472 e. The van der Waals surface area contributed by atoms with Crippen LogP contribution in [0.1, 0.15) is 213 Å². The first-order chi connectivity index (χ1) is 36.2. The third-order valence-electron chi connectivity index (χ3n) is 11.3. The first kappa shape index (κ1) is 69.9. The van der Waals surface area contributed by atoms with E-state index in [1.807, 2.05) is 0 Å². The third-order valence-corrected chi connectivity index (χ3v) is 12.3. The Kier molecular flexibility index (Phi) is 52.1. The van der Waals surface area contributed by atoms with Gasteiger partial charge in [-0.2, -0.15) is 0 Å². The van der Waals surface area contributed by atoms with Crippen LogP contribution in [0.25, 0.3) is 0 Å². The molecule has 74 heavy (non-hydrogen) atoms. The summed E-state index contributed by atoms with van der Waals surface area (Å²) in [6.45, 7) is 4.28. The van der Waals surface area contributed by atoms with E-state index in [9.17, 15) is 28.9 Å². The molecule has 420 valence electrons. The van der Waals surface area contributed by atoms with E-state index < -0.39 is 57.8 Å². The summed E-state index contributed by atoms with van der Waals surface area (Å²) in [7, 11) is -4.77. The summed E-state index contributed by atoms with van der Waals surface area (Å²) in [6.07, 6.45) is 67.3. The average Bonchev–Trinajstić information content (AvgIpc) is 3.39. The fraction of sp³-hybridized carbons (Fsp3) is 0.629. The molecular weight excluding hydrogens is 952 g/mol. The first-order valence-corrected chi connectivity index (χ1v) is 29.9. The molecule has 3 unspecified atom stereocenters. The van der Waals surface area contributed by atoms with Gasteiger partial charge < -0.3 is 24.2 Å². The highest BCUT2D eigenvalue weighted by molar-refractivity contribution is 7.47. The van der Waals surface area contributed by atoms with Crippen molar-refractivity contribution in [2.24, 2.45) is 0 Å². The van der Waals surface area contributed by atoms with Crippen molar-refractivity contribution < 1.29 is 52.2 Å². The van der Waals surface area contributed by atoms with Gasteiger partial charge in [-0.25, -0.2) is 4.57 Å². The van der Waals surface area contributed by atoms with Gasteiger partial charge in [-0.15, -0.1) is 0 Å². The number of hydrogen-bond acceptors (Lipinski definition) is 10. The van der Waals surface area contributed by atoms with Gasteiger partial charge in [0.05, 0.1) is 19.8 Å². The highest BCUT2D eigenvalue weighted by Gasteiger charge is 2.28. The van der Waals surface area contributed by atoms with Crippen LogP contribution in [-0.2, 0) is 42.2 Å². The van der Waals surface area contributed by atoms with Gasteiger partial charge in [0.15, 0.2) is 6.10 Å². The number of allylic oxidation sites excluding steroid dienone is 20. The van der Waals surface area contributed by atoms with E-state index in [0.29, 0.717) is 19.3 Å². The van der Waals surface area contributed by atoms with Gasteiger partial charge in [-0.3, -0.25) is 23.4 Å². The molecule has 0 spiro atoms. The van der Waals surface area contributed by atoms with Gasteiger partial charge in [0.1, 0.15) is 12.7 Å². The first-order valence-electron chi connectivity index (χ1n) is 28.4. The number of hydrogen-bond donors (Lipinski definition) is 2. The number of unbranched alkanes of at least 4 members (excludes halogenated alkanes) is 14. The average molecular weight is 1050 g/mol. The molecule has 0 aliphatic rings. The molecule has 0 saturated carbocycles. The fourth-order valence-corrected chi connectivity index (χ4v) is 7.86. The number of phosphoric acid groups is 1. The van der Waals surface area contributed by atoms with E-state index in [-0.39, 0.29) is 25.9 Å². The van der Waals surface area contributed by atoms with Crippen LogP contribution in [0.5, 0.6) is 0 Å². The van der Waals surface area contributed by atoms with Gasteiger partial charge >= 0.3 is 25.7 Å². The molecule has 0 rings (SSSR count). The summed E-state index contributed by atoms with van der Waals surface area (Å²) >= 11 is 0. The van der Waals surface area contributed by atoms with Gasteiger partial charge in [-0.05, 0) is 128 Å². The standard InChI is InChI=1S/C62H101O11P/c1-4-7-10-13-16-19-22-25-27-28-29-30-32-35-38-41-44-47-50-53-62(66)73-59(55-69-60(64)51-48-45-42-39-36-34-31-26-23-20-17-14-11-8-5-2)57-71-74(67,68)70-56-58(54-63)72-61(65)52-49-46-43-40-37-33-24-21-18-15-12-9-6-3/h7,9-10,12,16-21,25-27,29-31,33,35,37-38,58-59,63H,4-6,8,11,13-15,22-24,28,32,34,36,39-57H2,1-3H3,(H,67,68)/b10-7-,12-9-,19-16-,20-17-,21-18-,27-25-,30-29-,31-26-,37-33-,38-35-. The minimum absolute atomic E-state index is 0.116. The van der Waals surface area contributed by atoms with Crippen molar-refractivity contribution in [2.45, 2.75) is 226 Å². The molecule has 0 aromatic carbocycles. The lowest BCUT2D eigenvalue weighted by Gasteiger charge is -2.21. The monoisotopic (exact) mass is 1050 g/mol. The molecule has 0 aliphatic heterocycles. The Morgan fingerprint density at radius 3 is 1.09 bits per heavy atom. The number of esters is 3. The van der Waals surface area contributed by atoms with E-state index in [0.717, 1.165) is 135 Å². The minimum atomic E-state index is -4.77. The second-order valence-electron chi connectivity index (χ2n) is 18.3. The highest BCUT2D eigenvalue weighted by Crippen LogP contribution is 2.43. The molecule has 0 amide bonds. The Hall–Kier alpha value is -4.12. The Morgan fingerprint density at radius 1 is 0.392 bits per heavy atom. The number of rotatable bonds is 51. The number of ether oxygens (including phenoxy) is 3. The lowest BCUT2D eigenvalue weighted by atomic mass is 10.1. The highest BCUT2D eigenvalue weighted by atomic mass is 31.2. The molecule has 0 heterocycles. The van der Waals surface area contributed by atoms with Crippen LogP contribution in [0, 0.1) is 0 Å². The summed E-state index contributed by atoms with van der Waals surface area (Å²) < 4.78 is 39.4. The number of aliphatic hydroxyl groups is 1. The largest absolute Gasteiger partial charge is 0.472 e. The van der Waals surface area contributed by atoms with Crippen molar-refractivity contribution >= 4 is 25.7 Å². The zero-order chi connectivity index (χ0) is 54.1. The van der Waals surface area contributed by atoms with E-state index >= 15 is 0 Å². The van der Waals surface area contributed by atoms with E-state index in [1.165, 1.54) is 19.3 Å². The van der Waals surface area contributed by atoms with Gasteiger partial charge in [0.25, 0.3) is 0 Å². The maximum absolute atomic E-state index is 12.9. The molecule has 3 atom stereocenters. The molecule has 0 saturated heterocycles. The molecule has 0 aromatic heterocycles. The van der Waals surface area contributed by atoms with Crippen LogP contribution >= 0.6 is 7.82 Å². The quantitative estimate of drug-likeness (QED) is 0.0197. The summed E-state index contributed by atoms with van der Waals surface area (Å²) in [4.78, 5) is 48.5. The fourth-order valence-electron chi connectivity index (χ4n) is 7.07. The SMILES string of the molecule is CC/C=C\C/C=C\C/C=C\C/C=C\C/C=C\CCCCCC(=O)OC(COC(=O)CCCCCCC/C=C\C/C=C\CCCCC)COP(=O)(O)OCC(CO)OC(=O)CCCCC/C=C\C/C=C\C/C=C\CC. The second kappa shape index (κ2) is 55.1. The van der Waals surface area contributed by atoms with Crippen LogP contribution < -0.4 is 0 Å². The summed E-state index contributed by atoms with van der Waals surface area (Å²) in [5.41, 5.74) is 0. The zero-order valence-electron chi connectivity index (χ0n) is 46.3. The summed E-state index contributed by atoms with van der Waals surface area (Å²) in [5.74, 6) is -1.56. The molecule has 2 N–H and O–H groups in total. The molecule has 0 bridgehead atoms. The van der Waals surface area contributed by atoms with Crippen LogP contribution in [0.15, 0.2) is 122 Å². The van der Waals surface area contributed by atoms with Crippen LogP contribution in [0.4, 0.5) is 0 Å². The predicted molar refractivity (Wildman–Crippen MR) is 306 cm³/mol. The second-order valence-corrected chi connectivity index (χ2v) is 19.8. The van der Waals surface area contributed by atoms with Crippen LogP contribution in [-0.4, -0.2) is 66.5 Å². The van der Waals surface area contributed by atoms with Crippen molar-refractivity contribution in [3.8, 4) is 0 Å². The van der Waals surface area contributed by atoms with Crippen LogP contribution in [0.2, 0.25) is 0 Å². The molecule has 0 fully saturated rings. The number of carbonyl (C=O) groups excluding carboxylic acids is 3. The van der Waals surface area contributed by atoms with Crippen molar-refractivity contribution in [1.29, 1.82) is 0 Å². The maximum atomic E-state index is 12.9. The Labute approximate surface area is 449 Å². The predicted octanol–water partition coefficient (Wildman–Crippen LogP) is 16.8. The zero-order valence-corrected chi connectivity index (χ0v) is 47.2. The molecular formula is C62H101O11P. The Balaban J connectivity index is 4.86. The lowest BCUT2D eigenvalue weighted by molar-refractivity contribution is -0.161. The normalized spacial score (nSPS) is 14.3.